The Hall–Kier alpha value is -2.62. The molecule has 2 aromatic carbocycles. The lowest BCUT2D eigenvalue weighted by Gasteiger charge is -2.20. The molecule has 1 unspecified atom stereocenters. The van der Waals surface area contributed by atoms with Crippen LogP contribution in [0.1, 0.15) is 31.4 Å². The van der Waals surface area contributed by atoms with Crippen molar-refractivity contribution in [1.29, 1.82) is 0 Å². The zero-order valence-corrected chi connectivity index (χ0v) is 14.6. The van der Waals surface area contributed by atoms with Gasteiger partial charge in [-0.2, -0.15) is 0 Å². The number of amides is 2. The van der Waals surface area contributed by atoms with E-state index in [1.54, 1.807) is 4.90 Å². The number of benzene rings is 2. The molecule has 2 amide bonds. The maximum absolute atomic E-state index is 12.6. The van der Waals surface area contributed by atoms with Gasteiger partial charge in [-0.1, -0.05) is 30.3 Å². The first-order chi connectivity index (χ1) is 12.0. The van der Waals surface area contributed by atoms with Gasteiger partial charge in [0.25, 0.3) is 0 Å². The van der Waals surface area contributed by atoms with Gasteiger partial charge in [0, 0.05) is 24.7 Å². The minimum absolute atomic E-state index is 0.0669. The van der Waals surface area contributed by atoms with Gasteiger partial charge in [-0.3, -0.25) is 9.59 Å². The van der Waals surface area contributed by atoms with E-state index in [-0.39, 0.29) is 23.8 Å². The zero-order chi connectivity index (χ0) is 17.6. The van der Waals surface area contributed by atoms with Crippen LogP contribution in [0.5, 0.6) is 0 Å². The number of nitrogens with one attached hydrogen (secondary N) is 1. The third-order valence-corrected chi connectivity index (χ3v) is 5.22. The summed E-state index contributed by atoms with van der Waals surface area (Å²) in [7, 11) is 0. The second kappa shape index (κ2) is 6.03. The highest BCUT2D eigenvalue weighted by Gasteiger charge is 2.35. The largest absolute Gasteiger partial charge is 0.339 e. The van der Waals surface area contributed by atoms with Crippen molar-refractivity contribution in [3.05, 3.63) is 53.6 Å². The molecule has 0 bridgehead atoms. The van der Waals surface area contributed by atoms with Crippen molar-refractivity contribution < 1.29 is 9.59 Å². The van der Waals surface area contributed by atoms with Gasteiger partial charge >= 0.3 is 0 Å². The number of hydrogen-bond acceptors (Lipinski definition) is 2. The van der Waals surface area contributed by atoms with E-state index in [9.17, 15) is 9.59 Å². The average Bonchev–Trinajstić information content (AvgIpc) is 3.15. The molecule has 0 spiro atoms. The van der Waals surface area contributed by atoms with Crippen LogP contribution in [-0.4, -0.2) is 29.3 Å². The lowest BCUT2D eigenvalue weighted by atomic mass is 10.0. The molecule has 1 saturated heterocycles. The van der Waals surface area contributed by atoms with Crippen molar-refractivity contribution in [3.63, 3.8) is 0 Å². The topological polar surface area (TPSA) is 49.4 Å². The van der Waals surface area contributed by atoms with Crippen molar-refractivity contribution >= 4 is 17.5 Å². The van der Waals surface area contributed by atoms with Gasteiger partial charge in [-0.25, -0.2) is 0 Å². The molecule has 1 fully saturated rings. The highest BCUT2D eigenvalue weighted by molar-refractivity contribution is 5.98. The van der Waals surface area contributed by atoms with E-state index in [1.165, 1.54) is 22.3 Å². The summed E-state index contributed by atoms with van der Waals surface area (Å²) in [4.78, 5) is 26.4. The normalized spacial score (nSPS) is 18.4. The Morgan fingerprint density at radius 2 is 1.88 bits per heavy atom. The maximum atomic E-state index is 12.6. The molecular formula is C21H22N2O2. The second-order valence-corrected chi connectivity index (χ2v) is 7.24. The van der Waals surface area contributed by atoms with E-state index in [0.717, 1.165) is 12.1 Å². The summed E-state index contributed by atoms with van der Waals surface area (Å²) in [6.45, 7) is 4.47. The van der Waals surface area contributed by atoms with Gasteiger partial charge < -0.3 is 10.2 Å². The molecule has 1 atom stereocenters. The molecular weight excluding hydrogens is 312 g/mol. The number of anilines is 1. The molecule has 25 heavy (non-hydrogen) atoms. The summed E-state index contributed by atoms with van der Waals surface area (Å²) in [5, 5.41) is 3.01. The van der Waals surface area contributed by atoms with Crippen molar-refractivity contribution in [2.24, 2.45) is 5.92 Å². The Labute approximate surface area is 147 Å². The molecule has 128 valence electrons. The first-order valence-corrected chi connectivity index (χ1v) is 8.84. The first kappa shape index (κ1) is 15.9. The van der Waals surface area contributed by atoms with Gasteiger partial charge in [-0.05, 0) is 54.7 Å². The third-order valence-electron chi connectivity index (χ3n) is 5.22. The summed E-state index contributed by atoms with van der Waals surface area (Å²) in [6.07, 6.45) is 1.25. The van der Waals surface area contributed by atoms with E-state index in [2.05, 4.69) is 35.6 Å². The standard InChI is InChI=1S/C21H22N2O2/c1-13(2)23-12-16(10-20(23)24)21(25)22-17-8-7-15-9-14-5-3-4-6-18(14)19(15)11-17/h3-8,11,13,16H,9-10,12H2,1-2H3,(H,22,25). The fourth-order valence-electron chi connectivity index (χ4n) is 3.85. The van der Waals surface area contributed by atoms with E-state index in [0.29, 0.717) is 13.0 Å². The average molecular weight is 334 g/mol. The number of nitrogens with zero attached hydrogens (tertiary/aromatic N) is 1. The fraction of sp³-hybridized carbons (Fsp3) is 0.333. The van der Waals surface area contributed by atoms with Crippen LogP contribution in [0, 0.1) is 5.92 Å². The smallest absolute Gasteiger partial charge is 0.229 e. The molecule has 1 aliphatic heterocycles. The first-order valence-electron chi connectivity index (χ1n) is 8.84. The van der Waals surface area contributed by atoms with Gasteiger partial charge in [-0.15, -0.1) is 0 Å². The van der Waals surface area contributed by atoms with Gasteiger partial charge in [0.05, 0.1) is 5.92 Å². The van der Waals surface area contributed by atoms with E-state index in [4.69, 9.17) is 0 Å². The quantitative estimate of drug-likeness (QED) is 0.797. The van der Waals surface area contributed by atoms with Crippen LogP contribution in [0.15, 0.2) is 42.5 Å². The molecule has 1 heterocycles. The predicted octanol–water partition coefficient (Wildman–Crippen LogP) is 3.45. The number of fused-ring (bicyclic) bond motifs is 3. The van der Waals surface area contributed by atoms with Crippen LogP contribution >= 0.6 is 0 Å². The Bertz CT molecular complexity index is 857. The summed E-state index contributed by atoms with van der Waals surface area (Å²) >= 11 is 0. The molecule has 4 nitrogen and oxygen atoms in total. The Balaban J connectivity index is 1.52. The molecule has 0 aromatic heterocycles. The lowest BCUT2D eigenvalue weighted by molar-refractivity contribution is -0.129. The van der Waals surface area contributed by atoms with Gasteiger partial charge in [0.2, 0.25) is 11.8 Å². The summed E-state index contributed by atoms with van der Waals surface area (Å²) in [5.41, 5.74) is 5.86. The fourth-order valence-corrected chi connectivity index (χ4v) is 3.85. The van der Waals surface area contributed by atoms with E-state index in [1.807, 2.05) is 26.0 Å². The predicted molar refractivity (Wildman–Crippen MR) is 98.3 cm³/mol. The van der Waals surface area contributed by atoms with Crippen LogP contribution in [0.2, 0.25) is 0 Å². The monoisotopic (exact) mass is 334 g/mol. The summed E-state index contributed by atoms with van der Waals surface area (Å²) in [5.74, 6) is -0.267. The highest BCUT2D eigenvalue weighted by atomic mass is 16.2. The van der Waals surface area contributed by atoms with Crippen LogP contribution in [-0.2, 0) is 16.0 Å². The molecule has 1 N–H and O–H groups in total. The number of rotatable bonds is 3. The number of hydrogen-bond donors (Lipinski definition) is 1. The second-order valence-electron chi connectivity index (χ2n) is 7.24. The molecule has 2 aromatic rings. The SMILES string of the molecule is CC(C)N1CC(C(=O)Nc2ccc3c(c2)-c2ccccc2C3)CC1=O. The number of carbonyl (C=O) groups is 2. The molecule has 0 radical (unpaired) electrons. The van der Waals surface area contributed by atoms with Crippen molar-refractivity contribution in [1.82, 2.24) is 4.90 Å². The van der Waals surface area contributed by atoms with Crippen molar-refractivity contribution in [3.8, 4) is 11.1 Å². The highest BCUT2D eigenvalue weighted by Crippen LogP contribution is 2.38. The lowest BCUT2D eigenvalue weighted by Crippen LogP contribution is -2.33. The Morgan fingerprint density at radius 1 is 1.12 bits per heavy atom. The van der Waals surface area contributed by atoms with Gasteiger partial charge in [0.1, 0.15) is 0 Å². The minimum atomic E-state index is -0.268. The molecule has 1 aliphatic carbocycles. The van der Waals surface area contributed by atoms with Crippen LogP contribution in [0.25, 0.3) is 11.1 Å². The number of carbonyl (C=O) groups excluding carboxylic acids is 2. The van der Waals surface area contributed by atoms with Crippen molar-refractivity contribution in [2.75, 3.05) is 11.9 Å². The van der Waals surface area contributed by atoms with E-state index < -0.39 is 0 Å². The Kier molecular flexibility index (Phi) is 3.83. The van der Waals surface area contributed by atoms with Crippen LogP contribution < -0.4 is 5.32 Å². The van der Waals surface area contributed by atoms with Crippen molar-refractivity contribution in [2.45, 2.75) is 32.7 Å². The van der Waals surface area contributed by atoms with Gasteiger partial charge in [0.15, 0.2) is 0 Å². The minimum Gasteiger partial charge on any atom is -0.339 e. The number of likely N-dealkylation sites (tertiary alicyclic amines) is 1. The summed E-state index contributed by atoms with van der Waals surface area (Å²) in [6, 6.07) is 14.6. The molecule has 2 aliphatic rings. The summed E-state index contributed by atoms with van der Waals surface area (Å²) < 4.78 is 0. The van der Waals surface area contributed by atoms with Crippen LogP contribution in [0.4, 0.5) is 5.69 Å². The molecule has 4 heteroatoms. The molecule has 0 saturated carbocycles. The van der Waals surface area contributed by atoms with Crippen LogP contribution in [0.3, 0.4) is 0 Å². The maximum Gasteiger partial charge on any atom is 0.229 e. The Morgan fingerprint density at radius 3 is 2.64 bits per heavy atom. The molecule has 4 rings (SSSR count). The van der Waals surface area contributed by atoms with E-state index >= 15 is 0 Å². The zero-order valence-electron chi connectivity index (χ0n) is 14.6. The third kappa shape index (κ3) is 2.82.